The Morgan fingerprint density at radius 1 is 1.06 bits per heavy atom. The van der Waals surface area contributed by atoms with Crippen molar-refractivity contribution in [3.63, 3.8) is 0 Å². The SMILES string of the molecule is CCc1ccc(CC(C)C(Br)c2ccccc2)s1. The summed E-state index contributed by atoms with van der Waals surface area (Å²) in [7, 11) is 0. The van der Waals surface area contributed by atoms with Gasteiger partial charge in [-0.2, -0.15) is 0 Å². The normalized spacial score (nSPS) is 14.4. The van der Waals surface area contributed by atoms with Gasteiger partial charge in [0.15, 0.2) is 0 Å². The van der Waals surface area contributed by atoms with Crippen molar-refractivity contribution in [2.24, 2.45) is 5.92 Å². The fourth-order valence-corrected chi connectivity index (χ4v) is 3.70. The second-order valence-corrected chi connectivity index (χ2v) is 6.95. The van der Waals surface area contributed by atoms with Crippen LogP contribution < -0.4 is 0 Å². The van der Waals surface area contributed by atoms with E-state index in [4.69, 9.17) is 0 Å². The summed E-state index contributed by atoms with van der Waals surface area (Å²) >= 11 is 5.79. The quantitative estimate of drug-likeness (QED) is 0.626. The van der Waals surface area contributed by atoms with Crippen molar-refractivity contribution in [2.45, 2.75) is 31.5 Å². The van der Waals surface area contributed by atoms with Crippen LogP contribution in [0.5, 0.6) is 0 Å². The molecular weight excluding hydrogens is 304 g/mol. The van der Waals surface area contributed by atoms with Crippen LogP contribution in [0.3, 0.4) is 0 Å². The van der Waals surface area contributed by atoms with E-state index in [9.17, 15) is 0 Å². The maximum Gasteiger partial charge on any atom is 0.0424 e. The number of aryl methyl sites for hydroxylation is 1. The predicted molar refractivity (Wildman–Crippen MR) is 84.7 cm³/mol. The first-order chi connectivity index (χ1) is 8.70. The van der Waals surface area contributed by atoms with E-state index < -0.39 is 0 Å². The van der Waals surface area contributed by atoms with Crippen LogP contribution in [-0.2, 0) is 12.8 Å². The highest BCUT2D eigenvalue weighted by Crippen LogP contribution is 2.34. The van der Waals surface area contributed by atoms with Crippen molar-refractivity contribution in [2.75, 3.05) is 0 Å². The average Bonchev–Trinajstić information content (AvgIpc) is 2.86. The van der Waals surface area contributed by atoms with Gasteiger partial charge in [0.2, 0.25) is 0 Å². The molecule has 0 saturated carbocycles. The largest absolute Gasteiger partial charge is 0.145 e. The average molecular weight is 323 g/mol. The lowest BCUT2D eigenvalue weighted by Crippen LogP contribution is -2.06. The van der Waals surface area contributed by atoms with Gasteiger partial charge in [0, 0.05) is 14.6 Å². The zero-order valence-corrected chi connectivity index (χ0v) is 13.3. The van der Waals surface area contributed by atoms with Gasteiger partial charge < -0.3 is 0 Å². The lowest BCUT2D eigenvalue weighted by atomic mass is 9.97. The van der Waals surface area contributed by atoms with Crippen LogP contribution in [0.2, 0.25) is 0 Å². The van der Waals surface area contributed by atoms with E-state index in [-0.39, 0.29) is 0 Å². The number of rotatable bonds is 5. The lowest BCUT2D eigenvalue weighted by Gasteiger charge is -2.18. The number of benzene rings is 1. The summed E-state index contributed by atoms with van der Waals surface area (Å²) in [6.07, 6.45) is 2.30. The van der Waals surface area contributed by atoms with E-state index in [1.165, 1.54) is 15.3 Å². The van der Waals surface area contributed by atoms with Gasteiger partial charge in [-0.1, -0.05) is 60.1 Å². The minimum Gasteiger partial charge on any atom is -0.145 e. The highest BCUT2D eigenvalue weighted by molar-refractivity contribution is 9.09. The Morgan fingerprint density at radius 3 is 2.33 bits per heavy atom. The molecular formula is C16H19BrS. The molecule has 0 radical (unpaired) electrons. The maximum atomic E-state index is 3.84. The number of hydrogen-bond donors (Lipinski definition) is 0. The highest BCUT2D eigenvalue weighted by Gasteiger charge is 2.17. The fourth-order valence-electron chi connectivity index (χ4n) is 2.11. The summed E-state index contributed by atoms with van der Waals surface area (Å²) in [5, 5.41) is 0. The van der Waals surface area contributed by atoms with Crippen LogP contribution in [0.25, 0.3) is 0 Å². The Labute approximate surface area is 122 Å². The molecule has 2 heteroatoms. The van der Waals surface area contributed by atoms with E-state index in [0.29, 0.717) is 10.7 Å². The molecule has 0 aliphatic rings. The third kappa shape index (κ3) is 3.46. The monoisotopic (exact) mass is 322 g/mol. The lowest BCUT2D eigenvalue weighted by molar-refractivity contribution is 0.577. The Kier molecular flexibility index (Phi) is 5.02. The number of hydrogen-bond acceptors (Lipinski definition) is 1. The van der Waals surface area contributed by atoms with E-state index in [2.05, 4.69) is 72.2 Å². The molecule has 2 unspecified atom stereocenters. The summed E-state index contributed by atoms with van der Waals surface area (Å²) in [6.45, 7) is 4.54. The van der Waals surface area contributed by atoms with Crippen molar-refractivity contribution < 1.29 is 0 Å². The molecule has 0 amide bonds. The summed E-state index contributed by atoms with van der Waals surface area (Å²) in [5.41, 5.74) is 1.37. The molecule has 1 heterocycles. The van der Waals surface area contributed by atoms with E-state index in [0.717, 1.165) is 12.8 Å². The van der Waals surface area contributed by atoms with Crippen LogP contribution in [0.1, 0.15) is 34.0 Å². The summed E-state index contributed by atoms with van der Waals surface area (Å²) in [6, 6.07) is 15.2. The molecule has 0 fully saturated rings. The molecule has 0 aliphatic heterocycles. The first-order valence-corrected chi connectivity index (χ1v) is 8.20. The smallest absolute Gasteiger partial charge is 0.0424 e. The molecule has 96 valence electrons. The third-order valence-electron chi connectivity index (χ3n) is 3.21. The minimum atomic E-state index is 0.436. The number of thiophene rings is 1. The maximum absolute atomic E-state index is 3.84. The Hall–Kier alpha value is -0.600. The van der Waals surface area contributed by atoms with Gasteiger partial charge in [-0.25, -0.2) is 0 Å². The van der Waals surface area contributed by atoms with Crippen LogP contribution >= 0.6 is 27.3 Å². The topological polar surface area (TPSA) is 0 Å². The first kappa shape index (κ1) is 13.8. The van der Waals surface area contributed by atoms with Gasteiger partial charge in [-0.3, -0.25) is 0 Å². The second-order valence-electron chi connectivity index (χ2n) is 4.72. The Bertz CT molecular complexity index is 475. The van der Waals surface area contributed by atoms with Crippen molar-refractivity contribution >= 4 is 27.3 Å². The van der Waals surface area contributed by atoms with Gasteiger partial charge in [0.05, 0.1) is 0 Å². The van der Waals surface area contributed by atoms with Gasteiger partial charge in [0.25, 0.3) is 0 Å². The van der Waals surface area contributed by atoms with Crippen LogP contribution in [0.15, 0.2) is 42.5 Å². The Morgan fingerprint density at radius 2 is 1.72 bits per heavy atom. The van der Waals surface area contributed by atoms with Crippen LogP contribution in [0.4, 0.5) is 0 Å². The van der Waals surface area contributed by atoms with E-state index in [1.807, 2.05) is 11.3 Å². The van der Waals surface area contributed by atoms with Gasteiger partial charge >= 0.3 is 0 Å². The van der Waals surface area contributed by atoms with Crippen molar-refractivity contribution in [1.82, 2.24) is 0 Å². The van der Waals surface area contributed by atoms with Crippen molar-refractivity contribution in [3.05, 3.63) is 57.8 Å². The molecule has 18 heavy (non-hydrogen) atoms. The molecule has 1 aromatic heterocycles. The molecule has 0 bridgehead atoms. The molecule has 0 N–H and O–H groups in total. The van der Waals surface area contributed by atoms with Crippen LogP contribution in [0, 0.1) is 5.92 Å². The Balaban J connectivity index is 2.01. The molecule has 2 aromatic rings. The highest BCUT2D eigenvalue weighted by atomic mass is 79.9. The molecule has 0 aliphatic carbocycles. The van der Waals surface area contributed by atoms with Gasteiger partial charge in [-0.15, -0.1) is 11.3 Å². The molecule has 2 rings (SSSR count). The molecule has 0 nitrogen and oxygen atoms in total. The van der Waals surface area contributed by atoms with Crippen molar-refractivity contribution in [1.29, 1.82) is 0 Å². The zero-order valence-electron chi connectivity index (χ0n) is 10.9. The molecule has 0 saturated heterocycles. The second kappa shape index (κ2) is 6.53. The molecule has 2 atom stereocenters. The minimum absolute atomic E-state index is 0.436. The summed E-state index contributed by atoms with van der Waals surface area (Å²) in [5.74, 6) is 0.607. The number of halogens is 1. The summed E-state index contributed by atoms with van der Waals surface area (Å²) < 4.78 is 0. The van der Waals surface area contributed by atoms with Crippen LogP contribution in [-0.4, -0.2) is 0 Å². The number of alkyl halides is 1. The molecule has 1 aromatic carbocycles. The van der Waals surface area contributed by atoms with Gasteiger partial charge in [0.1, 0.15) is 0 Å². The zero-order chi connectivity index (χ0) is 13.0. The fraction of sp³-hybridized carbons (Fsp3) is 0.375. The van der Waals surface area contributed by atoms with E-state index in [1.54, 1.807) is 0 Å². The molecule has 0 spiro atoms. The first-order valence-electron chi connectivity index (χ1n) is 6.47. The summed E-state index contributed by atoms with van der Waals surface area (Å²) in [4.78, 5) is 3.42. The van der Waals surface area contributed by atoms with E-state index >= 15 is 0 Å². The van der Waals surface area contributed by atoms with Crippen molar-refractivity contribution in [3.8, 4) is 0 Å². The third-order valence-corrected chi connectivity index (χ3v) is 5.89. The van der Waals surface area contributed by atoms with Gasteiger partial charge in [-0.05, 0) is 36.5 Å². The standard InChI is InChI=1S/C16H19BrS/c1-3-14-9-10-15(18-14)11-12(2)16(17)13-7-5-4-6-8-13/h4-10,12,16H,3,11H2,1-2H3. The predicted octanol–water partition coefficient (Wildman–Crippen LogP) is 5.63.